The second kappa shape index (κ2) is 6.84. The van der Waals surface area contributed by atoms with Crippen molar-refractivity contribution in [3.8, 4) is 0 Å². The number of fused-ring (bicyclic) bond motifs is 1. The number of aryl methyl sites for hydroxylation is 1. The Morgan fingerprint density at radius 3 is 2.76 bits per heavy atom. The lowest BCUT2D eigenvalue weighted by molar-refractivity contribution is 0.0250. The summed E-state index contributed by atoms with van der Waals surface area (Å²) in [5.74, 6) is 1.00. The molecule has 1 saturated heterocycles. The van der Waals surface area contributed by atoms with E-state index < -0.39 is 0 Å². The Balaban J connectivity index is 1.37. The molecular weight excluding hydrogens is 314 g/mol. The lowest BCUT2D eigenvalue weighted by Gasteiger charge is -2.33. The van der Waals surface area contributed by atoms with Gasteiger partial charge in [-0.25, -0.2) is 4.98 Å². The second-order valence-corrected chi connectivity index (χ2v) is 6.79. The van der Waals surface area contributed by atoms with Crippen LogP contribution < -0.4 is 10.2 Å². The van der Waals surface area contributed by atoms with Gasteiger partial charge in [-0.2, -0.15) is 0 Å². The van der Waals surface area contributed by atoms with E-state index in [-0.39, 0.29) is 5.91 Å². The van der Waals surface area contributed by atoms with Crippen molar-refractivity contribution in [2.45, 2.75) is 39.0 Å². The van der Waals surface area contributed by atoms with Crippen molar-refractivity contribution in [2.24, 2.45) is 0 Å². The first-order valence-corrected chi connectivity index (χ1v) is 8.90. The van der Waals surface area contributed by atoms with Crippen LogP contribution in [0, 0.1) is 6.92 Å². The maximum absolute atomic E-state index is 11.8. The largest absolute Gasteiger partial charge is 0.373 e. The van der Waals surface area contributed by atoms with Gasteiger partial charge in [0.05, 0.1) is 30.5 Å². The van der Waals surface area contributed by atoms with Crippen LogP contribution in [0.25, 0.3) is 0 Å². The van der Waals surface area contributed by atoms with Crippen molar-refractivity contribution in [2.75, 3.05) is 18.0 Å². The number of carbonyl (C=O) groups excluding carboxylic acids is 1. The molecule has 2 aliphatic heterocycles. The third-order valence-corrected chi connectivity index (χ3v) is 5.00. The lowest BCUT2D eigenvalue weighted by atomic mass is 10.1. The van der Waals surface area contributed by atoms with Crippen LogP contribution in [0.4, 0.5) is 5.82 Å². The number of hydrogen-bond acceptors (Lipinski definition) is 4. The molecule has 0 aliphatic carbocycles. The SMILES string of the molecule is Cc1cc2c(nc1N1CCC(OCc3ccccc3)CC1)CNC2=O. The third-order valence-electron chi connectivity index (χ3n) is 5.00. The minimum atomic E-state index is -0.00910. The van der Waals surface area contributed by atoms with Gasteiger partial charge in [0.15, 0.2) is 0 Å². The lowest BCUT2D eigenvalue weighted by Crippen LogP contribution is -2.38. The Labute approximate surface area is 148 Å². The number of piperidine rings is 1. The van der Waals surface area contributed by atoms with E-state index in [9.17, 15) is 4.79 Å². The van der Waals surface area contributed by atoms with Gasteiger partial charge in [0.1, 0.15) is 5.82 Å². The summed E-state index contributed by atoms with van der Waals surface area (Å²) in [5.41, 5.74) is 3.88. The quantitative estimate of drug-likeness (QED) is 0.932. The van der Waals surface area contributed by atoms with Crippen LogP contribution in [-0.4, -0.2) is 30.1 Å². The van der Waals surface area contributed by atoms with Crippen LogP contribution in [0.3, 0.4) is 0 Å². The van der Waals surface area contributed by atoms with Gasteiger partial charge in [0, 0.05) is 13.1 Å². The molecule has 2 aromatic rings. The molecule has 0 unspecified atom stereocenters. The van der Waals surface area contributed by atoms with Gasteiger partial charge in [-0.15, -0.1) is 0 Å². The molecule has 1 amide bonds. The summed E-state index contributed by atoms with van der Waals surface area (Å²) in [4.78, 5) is 18.8. The molecule has 1 aromatic heterocycles. The molecule has 5 heteroatoms. The highest BCUT2D eigenvalue weighted by Crippen LogP contribution is 2.27. The zero-order chi connectivity index (χ0) is 17.2. The molecular formula is C20H23N3O2. The number of carbonyl (C=O) groups is 1. The highest BCUT2D eigenvalue weighted by atomic mass is 16.5. The van der Waals surface area contributed by atoms with Gasteiger partial charge < -0.3 is 15.0 Å². The summed E-state index contributed by atoms with van der Waals surface area (Å²) in [6.07, 6.45) is 2.30. The second-order valence-electron chi connectivity index (χ2n) is 6.79. The Kier molecular flexibility index (Phi) is 4.40. The monoisotopic (exact) mass is 337 g/mol. The maximum atomic E-state index is 11.8. The standard InChI is InChI=1S/C20H23N3O2/c1-14-11-17-18(12-21-20(17)24)22-19(14)23-9-7-16(8-10-23)25-13-15-5-3-2-4-6-15/h2-6,11,16H,7-10,12-13H2,1H3,(H,21,24). The number of amides is 1. The van der Waals surface area contributed by atoms with E-state index in [1.165, 1.54) is 5.56 Å². The van der Waals surface area contributed by atoms with Crippen LogP contribution in [0.1, 0.15) is 40.0 Å². The van der Waals surface area contributed by atoms with Crippen molar-refractivity contribution in [3.63, 3.8) is 0 Å². The Morgan fingerprint density at radius 1 is 1.24 bits per heavy atom. The van der Waals surface area contributed by atoms with Gasteiger partial charge in [0.2, 0.25) is 0 Å². The number of anilines is 1. The number of pyridine rings is 1. The molecule has 5 nitrogen and oxygen atoms in total. The number of rotatable bonds is 4. The molecule has 130 valence electrons. The van der Waals surface area contributed by atoms with E-state index in [2.05, 4.69) is 22.3 Å². The maximum Gasteiger partial charge on any atom is 0.253 e. The van der Waals surface area contributed by atoms with E-state index in [1.54, 1.807) is 0 Å². The molecule has 0 radical (unpaired) electrons. The smallest absolute Gasteiger partial charge is 0.253 e. The molecule has 0 saturated carbocycles. The van der Waals surface area contributed by atoms with Crippen molar-refractivity contribution < 1.29 is 9.53 Å². The highest BCUT2D eigenvalue weighted by Gasteiger charge is 2.26. The number of ether oxygens (including phenoxy) is 1. The average molecular weight is 337 g/mol. The van der Waals surface area contributed by atoms with E-state index in [0.717, 1.165) is 48.6 Å². The van der Waals surface area contributed by atoms with Crippen LogP contribution in [0.15, 0.2) is 36.4 Å². The molecule has 2 aliphatic rings. The van der Waals surface area contributed by atoms with E-state index in [0.29, 0.717) is 19.3 Å². The molecule has 25 heavy (non-hydrogen) atoms. The predicted octanol–water partition coefficient (Wildman–Crippen LogP) is 2.82. The number of nitrogens with zero attached hydrogens (tertiary/aromatic N) is 2. The Hall–Kier alpha value is -2.40. The fraction of sp³-hybridized carbons (Fsp3) is 0.400. The summed E-state index contributed by atoms with van der Waals surface area (Å²) >= 11 is 0. The van der Waals surface area contributed by atoms with Crippen LogP contribution in [0.2, 0.25) is 0 Å². The highest BCUT2D eigenvalue weighted by molar-refractivity contribution is 5.98. The first kappa shape index (κ1) is 16.1. The summed E-state index contributed by atoms with van der Waals surface area (Å²) in [5, 5.41) is 2.84. The summed E-state index contributed by atoms with van der Waals surface area (Å²) in [6.45, 7) is 5.13. The predicted molar refractivity (Wildman–Crippen MR) is 96.6 cm³/mol. The fourth-order valence-corrected chi connectivity index (χ4v) is 3.57. The molecule has 1 aromatic carbocycles. The van der Waals surface area contributed by atoms with E-state index in [4.69, 9.17) is 9.72 Å². The van der Waals surface area contributed by atoms with Crippen LogP contribution in [0.5, 0.6) is 0 Å². The molecule has 3 heterocycles. The van der Waals surface area contributed by atoms with Crippen LogP contribution in [-0.2, 0) is 17.9 Å². The molecule has 1 fully saturated rings. The van der Waals surface area contributed by atoms with Gasteiger partial charge >= 0.3 is 0 Å². The van der Waals surface area contributed by atoms with Crippen LogP contribution >= 0.6 is 0 Å². The minimum Gasteiger partial charge on any atom is -0.373 e. The number of aromatic nitrogens is 1. The van der Waals surface area contributed by atoms with E-state index >= 15 is 0 Å². The molecule has 0 spiro atoms. The first-order chi connectivity index (χ1) is 12.2. The number of hydrogen-bond donors (Lipinski definition) is 1. The topological polar surface area (TPSA) is 54.5 Å². The summed E-state index contributed by atoms with van der Waals surface area (Å²) < 4.78 is 6.07. The van der Waals surface area contributed by atoms with Gasteiger partial charge in [-0.3, -0.25) is 4.79 Å². The zero-order valence-electron chi connectivity index (χ0n) is 14.5. The van der Waals surface area contributed by atoms with Gasteiger partial charge in [-0.1, -0.05) is 30.3 Å². The Morgan fingerprint density at radius 2 is 2.00 bits per heavy atom. The molecule has 1 N–H and O–H groups in total. The van der Waals surface area contributed by atoms with Gasteiger partial charge in [0.25, 0.3) is 5.91 Å². The van der Waals surface area contributed by atoms with Gasteiger partial charge in [-0.05, 0) is 37.0 Å². The average Bonchev–Trinajstić information content (AvgIpc) is 3.01. The molecule has 0 bridgehead atoms. The van der Waals surface area contributed by atoms with Crippen molar-refractivity contribution in [1.82, 2.24) is 10.3 Å². The minimum absolute atomic E-state index is 0.00910. The van der Waals surface area contributed by atoms with Crippen molar-refractivity contribution >= 4 is 11.7 Å². The third kappa shape index (κ3) is 3.37. The van der Waals surface area contributed by atoms with E-state index in [1.807, 2.05) is 31.2 Å². The fourth-order valence-electron chi connectivity index (χ4n) is 3.57. The summed E-state index contributed by atoms with van der Waals surface area (Å²) in [6, 6.07) is 12.3. The molecule has 4 rings (SSSR count). The van der Waals surface area contributed by atoms with Crippen molar-refractivity contribution in [1.29, 1.82) is 0 Å². The number of benzene rings is 1. The summed E-state index contributed by atoms with van der Waals surface area (Å²) in [7, 11) is 0. The Bertz CT molecular complexity index is 768. The molecule has 0 atom stereocenters. The normalized spacial score (nSPS) is 17.5. The first-order valence-electron chi connectivity index (χ1n) is 8.90. The number of nitrogens with one attached hydrogen (secondary N) is 1. The van der Waals surface area contributed by atoms with Crippen molar-refractivity contribution in [3.05, 3.63) is 58.8 Å². The zero-order valence-corrected chi connectivity index (χ0v) is 14.5.